The minimum Gasteiger partial charge on any atom is -0.377 e. The molecule has 112 valence electrons. The Balaban J connectivity index is 1.65. The summed E-state index contributed by atoms with van der Waals surface area (Å²) in [7, 11) is 0. The minimum atomic E-state index is 0.566. The molecule has 1 unspecified atom stereocenters. The van der Waals surface area contributed by atoms with Gasteiger partial charge in [-0.3, -0.25) is 4.90 Å². The Morgan fingerprint density at radius 1 is 1.21 bits per heavy atom. The van der Waals surface area contributed by atoms with Crippen LogP contribution in [0, 0.1) is 5.92 Å². The van der Waals surface area contributed by atoms with Crippen molar-refractivity contribution in [1.29, 1.82) is 0 Å². The lowest BCUT2D eigenvalue weighted by Gasteiger charge is -2.25. The minimum absolute atomic E-state index is 0.566. The summed E-state index contributed by atoms with van der Waals surface area (Å²) in [6.45, 7) is 10.3. The van der Waals surface area contributed by atoms with E-state index in [0.717, 1.165) is 19.1 Å². The second-order valence-electron chi connectivity index (χ2n) is 6.71. The van der Waals surface area contributed by atoms with Gasteiger partial charge in [0.1, 0.15) is 0 Å². The van der Waals surface area contributed by atoms with Gasteiger partial charge in [0.05, 0.1) is 12.7 Å². The van der Waals surface area contributed by atoms with E-state index in [0.29, 0.717) is 12.1 Å². The molecule has 1 N–H and O–H groups in total. The second kappa shape index (κ2) is 8.23. The summed E-state index contributed by atoms with van der Waals surface area (Å²) in [5.41, 5.74) is 0. The molecule has 0 amide bonds. The van der Waals surface area contributed by atoms with Crippen molar-refractivity contribution in [3.05, 3.63) is 0 Å². The fraction of sp³-hybridized carbons (Fsp3) is 1.00. The van der Waals surface area contributed by atoms with Gasteiger partial charge in [-0.15, -0.1) is 0 Å². The average Bonchev–Trinajstić information content (AvgIpc) is 2.77. The molecule has 0 bridgehead atoms. The summed E-state index contributed by atoms with van der Waals surface area (Å²) in [4.78, 5) is 2.60. The van der Waals surface area contributed by atoms with Crippen molar-refractivity contribution in [1.82, 2.24) is 10.2 Å². The first-order chi connectivity index (χ1) is 9.24. The first kappa shape index (κ1) is 15.3. The first-order valence-corrected chi connectivity index (χ1v) is 8.31. The lowest BCUT2D eigenvalue weighted by molar-refractivity contribution is 0.0413. The van der Waals surface area contributed by atoms with Crippen molar-refractivity contribution in [3.63, 3.8) is 0 Å². The van der Waals surface area contributed by atoms with E-state index >= 15 is 0 Å². The molecule has 0 spiro atoms. The van der Waals surface area contributed by atoms with Crippen LogP contribution in [0.5, 0.6) is 0 Å². The van der Waals surface area contributed by atoms with Crippen LogP contribution >= 0.6 is 0 Å². The summed E-state index contributed by atoms with van der Waals surface area (Å²) < 4.78 is 6.00. The van der Waals surface area contributed by atoms with Gasteiger partial charge in [0.25, 0.3) is 0 Å². The van der Waals surface area contributed by atoms with Gasteiger partial charge >= 0.3 is 0 Å². The molecule has 1 atom stereocenters. The highest BCUT2D eigenvalue weighted by Crippen LogP contribution is 2.20. The predicted octanol–water partition coefficient (Wildman–Crippen LogP) is 2.66. The number of hydrogen-bond acceptors (Lipinski definition) is 3. The Labute approximate surface area is 119 Å². The first-order valence-electron chi connectivity index (χ1n) is 8.31. The molecule has 0 aromatic carbocycles. The van der Waals surface area contributed by atoms with Gasteiger partial charge in [-0.05, 0) is 44.7 Å². The largest absolute Gasteiger partial charge is 0.377 e. The number of rotatable bonds is 6. The van der Waals surface area contributed by atoms with Crippen LogP contribution in [-0.2, 0) is 4.74 Å². The van der Waals surface area contributed by atoms with E-state index < -0.39 is 0 Å². The Morgan fingerprint density at radius 2 is 2.00 bits per heavy atom. The highest BCUT2D eigenvalue weighted by molar-refractivity contribution is 4.77. The molecule has 0 radical (unpaired) electrons. The van der Waals surface area contributed by atoms with E-state index in [1.807, 2.05) is 0 Å². The molecule has 0 aromatic heterocycles. The van der Waals surface area contributed by atoms with Crippen LogP contribution < -0.4 is 5.32 Å². The van der Waals surface area contributed by atoms with E-state index in [1.165, 1.54) is 58.2 Å². The maximum Gasteiger partial charge on any atom is 0.0597 e. The average molecular weight is 268 g/mol. The Kier molecular flexibility index (Phi) is 6.62. The quantitative estimate of drug-likeness (QED) is 0.801. The van der Waals surface area contributed by atoms with Gasteiger partial charge in [-0.25, -0.2) is 0 Å². The maximum atomic E-state index is 6.00. The van der Waals surface area contributed by atoms with E-state index in [-0.39, 0.29) is 0 Å². The zero-order valence-corrected chi connectivity index (χ0v) is 12.9. The van der Waals surface area contributed by atoms with Crippen LogP contribution in [0.1, 0.15) is 52.4 Å². The van der Waals surface area contributed by atoms with Crippen molar-refractivity contribution in [3.8, 4) is 0 Å². The zero-order valence-electron chi connectivity index (χ0n) is 12.9. The zero-order chi connectivity index (χ0) is 13.5. The molecule has 1 aliphatic carbocycles. The molecule has 2 aliphatic rings. The van der Waals surface area contributed by atoms with Gasteiger partial charge in [0.15, 0.2) is 0 Å². The lowest BCUT2D eigenvalue weighted by atomic mass is 10.0. The molecule has 19 heavy (non-hydrogen) atoms. The highest BCUT2D eigenvalue weighted by atomic mass is 16.5. The molecule has 0 aromatic rings. The van der Waals surface area contributed by atoms with Crippen LogP contribution in [-0.4, -0.2) is 49.8 Å². The SMILES string of the molecule is CC(C)CC1CN(CCOC2CCCC2)CCCN1. The molecule has 3 nitrogen and oxygen atoms in total. The van der Waals surface area contributed by atoms with Crippen LogP contribution in [0.4, 0.5) is 0 Å². The number of hydrogen-bond donors (Lipinski definition) is 1. The maximum absolute atomic E-state index is 6.00. The van der Waals surface area contributed by atoms with Crippen molar-refractivity contribution < 1.29 is 4.74 Å². The molecule has 1 saturated heterocycles. The summed E-state index contributed by atoms with van der Waals surface area (Å²) >= 11 is 0. The smallest absolute Gasteiger partial charge is 0.0597 e. The monoisotopic (exact) mass is 268 g/mol. The molecule has 1 saturated carbocycles. The molecule has 3 heteroatoms. The molecule has 2 rings (SSSR count). The van der Waals surface area contributed by atoms with Gasteiger partial charge < -0.3 is 10.1 Å². The number of nitrogens with zero attached hydrogens (tertiary/aromatic N) is 1. The third-order valence-electron chi connectivity index (χ3n) is 4.38. The topological polar surface area (TPSA) is 24.5 Å². The van der Waals surface area contributed by atoms with E-state index in [1.54, 1.807) is 0 Å². The van der Waals surface area contributed by atoms with E-state index in [4.69, 9.17) is 4.74 Å². The number of nitrogens with one attached hydrogen (secondary N) is 1. The molecule has 1 aliphatic heterocycles. The van der Waals surface area contributed by atoms with Crippen molar-refractivity contribution in [2.75, 3.05) is 32.8 Å². The lowest BCUT2D eigenvalue weighted by Crippen LogP contribution is -2.39. The van der Waals surface area contributed by atoms with Crippen molar-refractivity contribution >= 4 is 0 Å². The Hall–Kier alpha value is -0.120. The standard InChI is InChI=1S/C16H32N2O/c1-14(2)12-15-13-18(9-5-8-17-15)10-11-19-16-6-3-4-7-16/h14-17H,3-13H2,1-2H3. The predicted molar refractivity (Wildman–Crippen MR) is 80.5 cm³/mol. The Morgan fingerprint density at radius 3 is 2.74 bits per heavy atom. The van der Waals surface area contributed by atoms with Crippen LogP contribution in [0.3, 0.4) is 0 Å². The third-order valence-corrected chi connectivity index (χ3v) is 4.38. The van der Waals surface area contributed by atoms with Crippen molar-refractivity contribution in [2.45, 2.75) is 64.5 Å². The van der Waals surface area contributed by atoms with Gasteiger partial charge in [0, 0.05) is 19.1 Å². The number of ether oxygens (including phenoxy) is 1. The van der Waals surface area contributed by atoms with Crippen LogP contribution in [0.15, 0.2) is 0 Å². The van der Waals surface area contributed by atoms with Gasteiger partial charge in [-0.1, -0.05) is 26.7 Å². The van der Waals surface area contributed by atoms with Crippen LogP contribution in [0.2, 0.25) is 0 Å². The molecular weight excluding hydrogens is 236 g/mol. The van der Waals surface area contributed by atoms with Crippen LogP contribution in [0.25, 0.3) is 0 Å². The summed E-state index contributed by atoms with van der Waals surface area (Å²) in [6, 6.07) is 0.675. The fourth-order valence-electron chi connectivity index (χ4n) is 3.41. The molecular formula is C16H32N2O. The summed E-state index contributed by atoms with van der Waals surface area (Å²) in [5.74, 6) is 0.784. The molecule has 1 heterocycles. The Bertz CT molecular complexity index is 239. The molecule has 2 fully saturated rings. The highest BCUT2D eigenvalue weighted by Gasteiger charge is 2.19. The van der Waals surface area contributed by atoms with Gasteiger partial charge in [-0.2, -0.15) is 0 Å². The normalized spacial score (nSPS) is 27.0. The van der Waals surface area contributed by atoms with E-state index in [9.17, 15) is 0 Å². The van der Waals surface area contributed by atoms with Gasteiger partial charge in [0.2, 0.25) is 0 Å². The second-order valence-corrected chi connectivity index (χ2v) is 6.71. The van der Waals surface area contributed by atoms with E-state index in [2.05, 4.69) is 24.1 Å². The summed E-state index contributed by atoms with van der Waals surface area (Å²) in [6.07, 6.45) is 8.45. The fourth-order valence-corrected chi connectivity index (χ4v) is 3.41. The van der Waals surface area contributed by atoms with Crippen molar-refractivity contribution in [2.24, 2.45) is 5.92 Å². The summed E-state index contributed by atoms with van der Waals surface area (Å²) in [5, 5.41) is 3.69. The third kappa shape index (κ3) is 5.80.